The molecule has 2 N–H and O–H groups in total. The first-order valence-electron chi connectivity index (χ1n) is 5.99. The SMILES string of the molecule is Cc1ccc(C(CN)N(CC(F)(F)F)C2CC2)s1. The van der Waals surface area contributed by atoms with Gasteiger partial charge in [-0.3, -0.25) is 4.90 Å². The first-order valence-corrected chi connectivity index (χ1v) is 6.81. The molecule has 1 fully saturated rings. The Hall–Kier alpha value is -0.590. The topological polar surface area (TPSA) is 29.3 Å². The minimum atomic E-state index is -4.16. The third-order valence-electron chi connectivity index (χ3n) is 3.09. The molecule has 0 amide bonds. The summed E-state index contributed by atoms with van der Waals surface area (Å²) in [5.41, 5.74) is 5.70. The molecule has 102 valence electrons. The quantitative estimate of drug-likeness (QED) is 0.897. The Kier molecular flexibility index (Phi) is 3.99. The van der Waals surface area contributed by atoms with E-state index in [1.807, 2.05) is 19.1 Å². The summed E-state index contributed by atoms with van der Waals surface area (Å²) in [6.45, 7) is 1.32. The molecule has 0 saturated heterocycles. The number of nitrogens with zero attached hydrogens (tertiary/aromatic N) is 1. The summed E-state index contributed by atoms with van der Waals surface area (Å²) in [5, 5.41) is 0. The molecular formula is C12H17F3N2S. The number of halogens is 3. The van der Waals surface area contributed by atoms with Crippen LogP contribution in [0.2, 0.25) is 0 Å². The predicted octanol–water partition coefficient (Wildman–Crippen LogP) is 3.08. The third kappa shape index (κ3) is 3.46. The maximum atomic E-state index is 12.6. The molecule has 1 aliphatic carbocycles. The second-order valence-electron chi connectivity index (χ2n) is 4.72. The maximum absolute atomic E-state index is 12.6. The minimum absolute atomic E-state index is 0.0441. The van der Waals surface area contributed by atoms with Crippen LogP contribution in [-0.4, -0.2) is 30.2 Å². The third-order valence-corrected chi connectivity index (χ3v) is 4.19. The smallest absolute Gasteiger partial charge is 0.329 e. The fourth-order valence-corrected chi connectivity index (χ4v) is 3.17. The van der Waals surface area contributed by atoms with Crippen molar-refractivity contribution in [2.45, 2.75) is 38.0 Å². The summed E-state index contributed by atoms with van der Waals surface area (Å²) in [5.74, 6) is 0. The van der Waals surface area contributed by atoms with Gasteiger partial charge in [-0.05, 0) is 31.9 Å². The number of thiophene rings is 1. The van der Waals surface area contributed by atoms with Gasteiger partial charge in [0.2, 0.25) is 0 Å². The number of nitrogens with two attached hydrogens (primary N) is 1. The van der Waals surface area contributed by atoms with Gasteiger partial charge in [-0.15, -0.1) is 11.3 Å². The zero-order chi connectivity index (χ0) is 13.3. The highest BCUT2D eigenvalue weighted by Gasteiger charge is 2.41. The van der Waals surface area contributed by atoms with Crippen LogP contribution in [0.5, 0.6) is 0 Å². The Morgan fingerprint density at radius 3 is 2.50 bits per heavy atom. The molecule has 1 saturated carbocycles. The van der Waals surface area contributed by atoms with E-state index in [1.165, 1.54) is 16.2 Å². The van der Waals surface area contributed by atoms with Crippen molar-refractivity contribution in [1.29, 1.82) is 0 Å². The molecule has 18 heavy (non-hydrogen) atoms. The lowest BCUT2D eigenvalue weighted by Crippen LogP contribution is -2.41. The van der Waals surface area contributed by atoms with Gasteiger partial charge < -0.3 is 5.73 Å². The van der Waals surface area contributed by atoms with E-state index >= 15 is 0 Å². The van der Waals surface area contributed by atoms with Crippen molar-refractivity contribution < 1.29 is 13.2 Å². The summed E-state index contributed by atoms with van der Waals surface area (Å²) in [6.07, 6.45) is -2.48. The van der Waals surface area contributed by atoms with E-state index in [4.69, 9.17) is 5.73 Å². The van der Waals surface area contributed by atoms with Crippen LogP contribution in [0.1, 0.15) is 28.6 Å². The molecule has 0 aromatic carbocycles. The summed E-state index contributed by atoms with van der Waals surface area (Å²) >= 11 is 1.53. The van der Waals surface area contributed by atoms with Crippen LogP contribution in [0.3, 0.4) is 0 Å². The summed E-state index contributed by atoms with van der Waals surface area (Å²) in [4.78, 5) is 3.56. The van der Waals surface area contributed by atoms with Crippen LogP contribution in [-0.2, 0) is 0 Å². The van der Waals surface area contributed by atoms with E-state index in [0.29, 0.717) is 0 Å². The molecule has 1 unspecified atom stereocenters. The molecule has 0 spiro atoms. The Morgan fingerprint density at radius 2 is 2.11 bits per heavy atom. The van der Waals surface area contributed by atoms with Crippen LogP contribution >= 0.6 is 11.3 Å². The standard InChI is InChI=1S/C12H17F3N2S/c1-8-2-5-11(18-8)10(6-16)17(9-3-4-9)7-12(13,14)15/h2,5,9-10H,3-4,6-7,16H2,1H3. The highest BCUT2D eigenvalue weighted by molar-refractivity contribution is 7.12. The van der Waals surface area contributed by atoms with Gasteiger partial charge in [-0.1, -0.05) is 0 Å². The molecule has 1 heterocycles. The summed E-state index contributed by atoms with van der Waals surface area (Å²) in [7, 11) is 0. The van der Waals surface area contributed by atoms with Gasteiger partial charge in [-0.25, -0.2) is 0 Å². The molecule has 2 nitrogen and oxygen atoms in total. The Bertz CT molecular complexity index is 398. The average Bonchev–Trinajstić information content (AvgIpc) is 3.01. The number of aryl methyl sites for hydroxylation is 1. The highest BCUT2D eigenvalue weighted by atomic mass is 32.1. The van der Waals surface area contributed by atoms with Crippen LogP contribution in [0, 0.1) is 6.92 Å². The highest BCUT2D eigenvalue weighted by Crippen LogP contribution is 2.38. The normalized spacial score (nSPS) is 18.3. The van der Waals surface area contributed by atoms with Crippen molar-refractivity contribution in [3.8, 4) is 0 Å². The van der Waals surface area contributed by atoms with Gasteiger partial charge >= 0.3 is 6.18 Å². The van der Waals surface area contributed by atoms with Crippen molar-refractivity contribution >= 4 is 11.3 Å². The lowest BCUT2D eigenvalue weighted by molar-refractivity contribution is -0.152. The molecule has 0 aliphatic heterocycles. The van der Waals surface area contributed by atoms with Crippen molar-refractivity contribution in [2.75, 3.05) is 13.1 Å². The first kappa shape index (κ1) is 13.8. The Labute approximate surface area is 109 Å². The van der Waals surface area contributed by atoms with Crippen molar-refractivity contribution in [2.24, 2.45) is 5.73 Å². The molecule has 0 bridgehead atoms. The van der Waals surface area contributed by atoms with Crippen molar-refractivity contribution in [3.05, 3.63) is 21.9 Å². The molecule has 1 aliphatic rings. The zero-order valence-electron chi connectivity index (χ0n) is 10.2. The molecule has 1 aromatic heterocycles. The number of hydrogen-bond acceptors (Lipinski definition) is 3. The largest absolute Gasteiger partial charge is 0.401 e. The van der Waals surface area contributed by atoms with E-state index in [0.717, 1.165) is 22.6 Å². The van der Waals surface area contributed by atoms with Crippen molar-refractivity contribution in [3.63, 3.8) is 0 Å². The zero-order valence-corrected chi connectivity index (χ0v) is 11.0. The lowest BCUT2D eigenvalue weighted by atomic mass is 10.2. The molecule has 1 aromatic rings. The summed E-state index contributed by atoms with van der Waals surface area (Å²) in [6, 6.07) is 3.56. The number of alkyl halides is 3. The van der Waals surface area contributed by atoms with Gasteiger partial charge in [0.25, 0.3) is 0 Å². The average molecular weight is 278 g/mol. The Balaban J connectivity index is 2.17. The predicted molar refractivity (Wildman–Crippen MR) is 66.6 cm³/mol. The summed E-state index contributed by atoms with van der Waals surface area (Å²) < 4.78 is 37.9. The van der Waals surface area contributed by atoms with Gasteiger partial charge in [0.15, 0.2) is 0 Å². The van der Waals surface area contributed by atoms with Gasteiger partial charge in [0, 0.05) is 22.3 Å². The second-order valence-corrected chi connectivity index (χ2v) is 6.04. The van der Waals surface area contributed by atoms with Crippen LogP contribution in [0.25, 0.3) is 0 Å². The van der Waals surface area contributed by atoms with E-state index in [2.05, 4.69) is 0 Å². The van der Waals surface area contributed by atoms with E-state index in [9.17, 15) is 13.2 Å². The van der Waals surface area contributed by atoms with Crippen LogP contribution in [0.4, 0.5) is 13.2 Å². The van der Waals surface area contributed by atoms with Gasteiger partial charge in [0.05, 0.1) is 12.6 Å². The Morgan fingerprint density at radius 1 is 1.44 bits per heavy atom. The van der Waals surface area contributed by atoms with Gasteiger partial charge in [-0.2, -0.15) is 13.2 Å². The number of hydrogen-bond donors (Lipinski definition) is 1. The molecule has 2 rings (SSSR count). The lowest BCUT2D eigenvalue weighted by Gasteiger charge is -2.31. The molecule has 6 heteroatoms. The van der Waals surface area contributed by atoms with Crippen LogP contribution < -0.4 is 5.73 Å². The van der Waals surface area contributed by atoms with E-state index in [1.54, 1.807) is 0 Å². The van der Waals surface area contributed by atoms with E-state index in [-0.39, 0.29) is 18.6 Å². The maximum Gasteiger partial charge on any atom is 0.401 e. The molecule has 0 radical (unpaired) electrons. The minimum Gasteiger partial charge on any atom is -0.329 e. The van der Waals surface area contributed by atoms with Gasteiger partial charge in [0.1, 0.15) is 0 Å². The van der Waals surface area contributed by atoms with E-state index < -0.39 is 12.7 Å². The fraction of sp³-hybridized carbons (Fsp3) is 0.667. The number of rotatable bonds is 5. The monoisotopic (exact) mass is 278 g/mol. The molecular weight excluding hydrogens is 261 g/mol. The van der Waals surface area contributed by atoms with Crippen molar-refractivity contribution in [1.82, 2.24) is 4.90 Å². The fourth-order valence-electron chi connectivity index (χ4n) is 2.15. The molecule has 1 atom stereocenters. The first-order chi connectivity index (χ1) is 8.40. The second kappa shape index (κ2) is 5.19. The van der Waals surface area contributed by atoms with Crippen LogP contribution in [0.15, 0.2) is 12.1 Å².